The first-order valence-electron chi connectivity index (χ1n) is 5.99. The third-order valence-corrected chi connectivity index (χ3v) is 4.23. The number of carbonyl (C=O) groups excluding carboxylic acids is 1. The molecule has 3 rings (SSSR count). The molecule has 1 heterocycles. The van der Waals surface area contributed by atoms with Crippen molar-refractivity contribution < 1.29 is 9.18 Å². The van der Waals surface area contributed by atoms with Crippen molar-refractivity contribution in [2.45, 2.75) is 25.7 Å². The van der Waals surface area contributed by atoms with Gasteiger partial charge in [0.05, 0.1) is 5.01 Å². The van der Waals surface area contributed by atoms with Gasteiger partial charge >= 0.3 is 0 Å². The fourth-order valence-electron chi connectivity index (χ4n) is 2.20. The second kappa shape index (κ2) is 4.61. The van der Waals surface area contributed by atoms with Crippen LogP contribution in [-0.2, 0) is 12.8 Å². The van der Waals surface area contributed by atoms with E-state index < -0.39 is 0 Å². The van der Waals surface area contributed by atoms with Crippen LogP contribution in [0.25, 0.3) is 0 Å². The molecule has 0 saturated carbocycles. The van der Waals surface area contributed by atoms with E-state index in [-0.39, 0.29) is 11.6 Å². The molecule has 0 atom stereocenters. The van der Waals surface area contributed by atoms with E-state index in [2.05, 4.69) is 4.98 Å². The molecule has 0 radical (unpaired) electrons. The lowest BCUT2D eigenvalue weighted by Gasteiger charge is -2.06. The maximum Gasteiger partial charge on any atom is 0.182 e. The summed E-state index contributed by atoms with van der Waals surface area (Å²) in [6.07, 6.45) is 2.90. The smallest absolute Gasteiger partial charge is 0.182 e. The Bertz CT molecular complexity index is 606. The number of hydrogen-bond acceptors (Lipinski definition) is 3. The number of carbonyl (C=O) groups is 1. The fourth-order valence-corrected chi connectivity index (χ4v) is 3.35. The van der Waals surface area contributed by atoms with Crippen LogP contribution in [0.5, 0.6) is 0 Å². The van der Waals surface area contributed by atoms with Crippen LogP contribution in [-0.4, -0.2) is 10.8 Å². The molecule has 0 bridgehead atoms. The van der Waals surface area contributed by atoms with E-state index in [0.29, 0.717) is 24.1 Å². The van der Waals surface area contributed by atoms with Crippen LogP contribution in [0.3, 0.4) is 0 Å². The van der Waals surface area contributed by atoms with Gasteiger partial charge in [-0.2, -0.15) is 0 Å². The van der Waals surface area contributed by atoms with Crippen LogP contribution in [0.2, 0.25) is 0 Å². The Morgan fingerprint density at radius 2 is 2.11 bits per heavy atom. The molecule has 0 N–H and O–H groups in total. The Hall–Kier alpha value is -1.55. The van der Waals surface area contributed by atoms with E-state index in [4.69, 9.17) is 0 Å². The largest absolute Gasteiger partial charge is 0.292 e. The Kier molecular flexibility index (Phi) is 2.96. The van der Waals surface area contributed by atoms with Gasteiger partial charge in [-0.3, -0.25) is 4.79 Å². The average molecular weight is 261 g/mol. The summed E-state index contributed by atoms with van der Waals surface area (Å²) in [5.41, 5.74) is 1.26. The van der Waals surface area contributed by atoms with Crippen LogP contribution in [0.4, 0.5) is 4.39 Å². The summed E-state index contributed by atoms with van der Waals surface area (Å²) in [4.78, 5) is 17.1. The van der Waals surface area contributed by atoms with Crippen LogP contribution in [0.1, 0.15) is 38.8 Å². The van der Waals surface area contributed by atoms with Gasteiger partial charge in [0.25, 0.3) is 0 Å². The number of fused-ring (bicyclic) bond motifs is 1. The predicted octanol–water partition coefficient (Wildman–Crippen LogP) is 3.39. The minimum atomic E-state index is -0.211. The first kappa shape index (κ1) is 11.5. The van der Waals surface area contributed by atoms with Crippen molar-refractivity contribution in [3.8, 4) is 0 Å². The van der Waals surface area contributed by atoms with Crippen LogP contribution >= 0.6 is 11.3 Å². The summed E-state index contributed by atoms with van der Waals surface area (Å²) in [7, 11) is 0. The Morgan fingerprint density at radius 3 is 2.89 bits per heavy atom. The molecule has 0 aliphatic heterocycles. The number of aryl methyl sites for hydroxylation is 1. The molecule has 2 aromatic rings. The van der Waals surface area contributed by atoms with Crippen LogP contribution < -0.4 is 0 Å². The molecule has 0 saturated heterocycles. The molecule has 1 aliphatic rings. The predicted molar refractivity (Wildman–Crippen MR) is 68.6 cm³/mol. The van der Waals surface area contributed by atoms with Gasteiger partial charge in [-0.25, -0.2) is 9.37 Å². The maximum atomic E-state index is 13.5. The minimum Gasteiger partial charge on any atom is -0.292 e. The molecule has 4 heteroatoms. The highest BCUT2D eigenvalue weighted by Crippen LogP contribution is 2.28. The number of benzene rings is 1. The standard InChI is InChI=1S/C14H12FNOS/c15-10-5-2-1-4-9(10)8-13-16-14-11(17)6-3-7-12(14)18-13/h1-2,4-5H,3,6-8H2. The van der Waals surface area contributed by atoms with E-state index in [0.717, 1.165) is 22.7 Å². The zero-order chi connectivity index (χ0) is 12.5. The van der Waals surface area contributed by atoms with Gasteiger partial charge in [0, 0.05) is 17.7 Å². The lowest BCUT2D eigenvalue weighted by molar-refractivity contribution is 0.0968. The third kappa shape index (κ3) is 2.08. The monoisotopic (exact) mass is 261 g/mol. The van der Waals surface area contributed by atoms with E-state index in [9.17, 15) is 9.18 Å². The van der Waals surface area contributed by atoms with E-state index in [1.54, 1.807) is 23.5 Å². The highest BCUT2D eigenvalue weighted by molar-refractivity contribution is 7.12. The maximum absolute atomic E-state index is 13.5. The van der Waals surface area contributed by atoms with Crippen LogP contribution in [0, 0.1) is 5.82 Å². The molecule has 0 fully saturated rings. The van der Waals surface area contributed by atoms with Crippen molar-refractivity contribution in [3.05, 3.63) is 51.2 Å². The first-order valence-corrected chi connectivity index (χ1v) is 6.81. The van der Waals surface area contributed by atoms with E-state index in [1.165, 1.54) is 6.07 Å². The zero-order valence-corrected chi connectivity index (χ0v) is 10.6. The summed E-state index contributed by atoms with van der Waals surface area (Å²) in [6, 6.07) is 6.71. The van der Waals surface area contributed by atoms with Gasteiger partial charge in [0.15, 0.2) is 5.78 Å². The van der Waals surface area contributed by atoms with Crippen LogP contribution in [0.15, 0.2) is 24.3 Å². The number of nitrogens with zero attached hydrogens (tertiary/aromatic N) is 1. The number of Topliss-reactive ketones (excluding diaryl/α,β-unsaturated/α-hetero) is 1. The minimum absolute atomic E-state index is 0.132. The molecule has 0 unspecified atom stereocenters. The van der Waals surface area contributed by atoms with Gasteiger partial charge in [-0.05, 0) is 24.5 Å². The molecular formula is C14H12FNOS. The third-order valence-electron chi connectivity index (χ3n) is 3.11. The highest BCUT2D eigenvalue weighted by Gasteiger charge is 2.22. The molecule has 0 amide bonds. The summed E-state index contributed by atoms with van der Waals surface area (Å²) < 4.78 is 13.5. The SMILES string of the molecule is O=C1CCCc2sc(Cc3ccccc3F)nc21. The summed E-state index contributed by atoms with van der Waals surface area (Å²) in [5.74, 6) is -0.0794. The van der Waals surface area contributed by atoms with Gasteiger partial charge in [-0.1, -0.05) is 18.2 Å². The normalized spacial score (nSPS) is 14.6. The van der Waals surface area contributed by atoms with E-state index >= 15 is 0 Å². The Labute approximate surface area is 108 Å². The Balaban J connectivity index is 1.90. The number of halogens is 1. The number of aromatic nitrogens is 1. The van der Waals surface area contributed by atoms with Gasteiger partial charge in [0.2, 0.25) is 0 Å². The zero-order valence-electron chi connectivity index (χ0n) is 9.78. The molecular weight excluding hydrogens is 249 g/mol. The number of rotatable bonds is 2. The number of thiazole rings is 1. The number of ketones is 1. The van der Waals surface area contributed by atoms with Gasteiger partial charge in [0.1, 0.15) is 11.5 Å². The van der Waals surface area contributed by atoms with Crippen molar-refractivity contribution in [2.24, 2.45) is 0 Å². The fraction of sp³-hybridized carbons (Fsp3) is 0.286. The second-order valence-electron chi connectivity index (χ2n) is 4.42. The lowest BCUT2D eigenvalue weighted by Crippen LogP contribution is -2.09. The Morgan fingerprint density at radius 1 is 1.28 bits per heavy atom. The summed E-state index contributed by atoms with van der Waals surface area (Å²) in [6.45, 7) is 0. The molecule has 1 aliphatic carbocycles. The molecule has 18 heavy (non-hydrogen) atoms. The van der Waals surface area contributed by atoms with Crippen molar-refractivity contribution in [1.82, 2.24) is 4.98 Å². The van der Waals surface area contributed by atoms with Crippen molar-refractivity contribution >= 4 is 17.1 Å². The molecule has 1 aromatic carbocycles. The summed E-state index contributed by atoms with van der Waals surface area (Å²) >= 11 is 1.54. The van der Waals surface area contributed by atoms with Crippen molar-refractivity contribution in [3.63, 3.8) is 0 Å². The first-order chi connectivity index (χ1) is 8.74. The summed E-state index contributed by atoms with van der Waals surface area (Å²) in [5, 5.41) is 0.834. The molecule has 0 spiro atoms. The van der Waals surface area contributed by atoms with Gasteiger partial charge < -0.3 is 0 Å². The quantitative estimate of drug-likeness (QED) is 0.829. The average Bonchev–Trinajstić information content (AvgIpc) is 2.76. The lowest BCUT2D eigenvalue weighted by atomic mass is 10.0. The molecule has 2 nitrogen and oxygen atoms in total. The van der Waals surface area contributed by atoms with E-state index in [1.807, 2.05) is 6.07 Å². The van der Waals surface area contributed by atoms with Crippen molar-refractivity contribution in [2.75, 3.05) is 0 Å². The number of hydrogen-bond donors (Lipinski definition) is 0. The van der Waals surface area contributed by atoms with Crippen molar-refractivity contribution in [1.29, 1.82) is 0 Å². The molecule has 1 aromatic heterocycles. The highest BCUT2D eigenvalue weighted by atomic mass is 32.1. The molecule has 92 valence electrons. The topological polar surface area (TPSA) is 30.0 Å². The van der Waals surface area contributed by atoms with Gasteiger partial charge in [-0.15, -0.1) is 11.3 Å². The second-order valence-corrected chi connectivity index (χ2v) is 5.59.